The third kappa shape index (κ3) is 3.55. The Labute approximate surface area is 128 Å². The van der Waals surface area contributed by atoms with E-state index in [1.807, 2.05) is 24.3 Å². The van der Waals surface area contributed by atoms with Crippen LogP contribution in [0.15, 0.2) is 45.3 Å². The first-order valence-corrected chi connectivity index (χ1v) is 7.24. The lowest BCUT2D eigenvalue weighted by Crippen LogP contribution is -2.00. The Kier molecular flexibility index (Phi) is 4.96. The zero-order chi connectivity index (χ0) is 13.8. The third-order valence-electron chi connectivity index (χ3n) is 2.65. The van der Waals surface area contributed by atoms with Gasteiger partial charge in [-0.15, -0.1) is 0 Å². The minimum absolute atomic E-state index is 0.291. The van der Waals surface area contributed by atoms with Crippen molar-refractivity contribution in [3.8, 4) is 5.75 Å². The molecule has 0 fully saturated rings. The maximum absolute atomic E-state index is 13.4. The van der Waals surface area contributed by atoms with E-state index in [2.05, 4.69) is 31.9 Å². The topological polar surface area (TPSA) is 35.2 Å². The van der Waals surface area contributed by atoms with Crippen molar-refractivity contribution in [3.05, 3.63) is 62.3 Å². The van der Waals surface area contributed by atoms with Crippen LogP contribution >= 0.6 is 31.9 Å². The Balaban J connectivity index is 2.12. The van der Waals surface area contributed by atoms with Gasteiger partial charge in [-0.2, -0.15) is 0 Å². The van der Waals surface area contributed by atoms with Crippen LogP contribution in [0.2, 0.25) is 0 Å². The predicted octanol–water partition coefficient (Wildman–Crippen LogP) is 4.39. The number of nitrogens with two attached hydrogens (primary N) is 1. The van der Waals surface area contributed by atoms with Crippen LogP contribution in [0.25, 0.3) is 0 Å². The SMILES string of the molecule is NCc1ccc(OCc2cccc(F)c2Br)c(Br)c1. The van der Waals surface area contributed by atoms with E-state index in [4.69, 9.17) is 10.5 Å². The summed E-state index contributed by atoms with van der Waals surface area (Å²) in [6.45, 7) is 0.771. The van der Waals surface area contributed by atoms with Crippen molar-refractivity contribution < 1.29 is 9.13 Å². The summed E-state index contributed by atoms with van der Waals surface area (Å²) in [6.07, 6.45) is 0. The second-order valence-electron chi connectivity index (χ2n) is 3.97. The summed E-state index contributed by atoms with van der Waals surface area (Å²) in [4.78, 5) is 0. The fraction of sp³-hybridized carbons (Fsp3) is 0.143. The van der Waals surface area contributed by atoms with Gasteiger partial charge in [-0.1, -0.05) is 18.2 Å². The number of benzene rings is 2. The van der Waals surface area contributed by atoms with Crippen molar-refractivity contribution in [2.75, 3.05) is 0 Å². The summed E-state index contributed by atoms with van der Waals surface area (Å²) in [6, 6.07) is 10.5. The number of ether oxygens (including phenoxy) is 1. The van der Waals surface area contributed by atoms with Crippen LogP contribution in [-0.4, -0.2) is 0 Å². The van der Waals surface area contributed by atoms with Crippen molar-refractivity contribution in [3.63, 3.8) is 0 Å². The first kappa shape index (κ1) is 14.5. The molecule has 2 nitrogen and oxygen atoms in total. The van der Waals surface area contributed by atoms with Gasteiger partial charge >= 0.3 is 0 Å². The quantitative estimate of drug-likeness (QED) is 0.842. The van der Waals surface area contributed by atoms with Crippen molar-refractivity contribution in [2.24, 2.45) is 5.73 Å². The number of halogens is 3. The summed E-state index contributed by atoms with van der Waals surface area (Å²) in [5.74, 6) is 0.409. The molecule has 0 atom stereocenters. The molecule has 5 heteroatoms. The van der Waals surface area contributed by atoms with Crippen molar-refractivity contribution in [1.82, 2.24) is 0 Å². The Bertz CT molecular complexity index is 590. The molecule has 2 aromatic carbocycles. The average molecular weight is 389 g/mol. The molecule has 0 saturated heterocycles. The van der Waals surface area contributed by atoms with Crippen LogP contribution in [0, 0.1) is 5.82 Å². The molecule has 0 unspecified atom stereocenters. The van der Waals surface area contributed by atoms with Gasteiger partial charge in [0.25, 0.3) is 0 Å². The van der Waals surface area contributed by atoms with Crippen molar-refractivity contribution in [2.45, 2.75) is 13.2 Å². The van der Waals surface area contributed by atoms with E-state index < -0.39 is 0 Å². The van der Waals surface area contributed by atoms with Gasteiger partial charge in [0, 0.05) is 12.1 Å². The summed E-state index contributed by atoms with van der Waals surface area (Å²) in [7, 11) is 0. The van der Waals surface area contributed by atoms with E-state index in [0.29, 0.717) is 23.4 Å². The molecule has 0 spiro atoms. The Morgan fingerprint density at radius 1 is 1.16 bits per heavy atom. The molecule has 0 amide bonds. The van der Waals surface area contributed by atoms with Gasteiger partial charge in [0.05, 0.1) is 8.95 Å². The summed E-state index contributed by atoms with van der Waals surface area (Å²) < 4.78 is 20.3. The lowest BCUT2D eigenvalue weighted by Gasteiger charge is -2.10. The first-order valence-electron chi connectivity index (χ1n) is 5.66. The summed E-state index contributed by atoms with van der Waals surface area (Å²) >= 11 is 6.64. The molecule has 2 rings (SSSR count). The molecule has 0 radical (unpaired) electrons. The summed E-state index contributed by atoms with van der Waals surface area (Å²) in [5.41, 5.74) is 7.34. The highest BCUT2D eigenvalue weighted by atomic mass is 79.9. The van der Waals surface area contributed by atoms with E-state index in [0.717, 1.165) is 15.6 Å². The predicted molar refractivity (Wildman–Crippen MR) is 80.5 cm³/mol. The second-order valence-corrected chi connectivity index (χ2v) is 5.62. The Morgan fingerprint density at radius 3 is 2.63 bits per heavy atom. The first-order chi connectivity index (χ1) is 9.11. The normalized spacial score (nSPS) is 10.5. The van der Waals surface area contributed by atoms with E-state index in [9.17, 15) is 4.39 Å². The van der Waals surface area contributed by atoms with Gasteiger partial charge in [0.2, 0.25) is 0 Å². The maximum Gasteiger partial charge on any atom is 0.137 e. The number of rotatable bonds is 4. The van der Waals surface area contributed by atoms with Crippen molar-refractivity contribution >= 4 is 31.9 Å². The molecule has 0 aromatic heterocycles. The molecule has 0 bridgehead atoms. The van der Waals surface area contributed by atoms with Crippen LogP contribution in [0.1, 0.15) is 11.1 Å². The average Bonchev–Trinajstić information content (AvgIpc) is 2.41. The molecular weight excluding hydrogens is 377 g/mol. The monoisotopic (exact) mass is 387 g/mol. The fourth-order valence-electron chi connectivity index (χ4n) is 1.60. The molecule has 0 saturated carbocycles. The van der Waals surface area contributed by atoms with Crippen LogP contribution in [0.5, 0.6) is 5.75 Å². The van der Waals surface area contributed by atoms with Crippen LogP contribution in [-0.2, 0) is 13.2 Å². The highest BCUT2D eigenvalue weighted by Crippen LogP contribution is 2.28. The lowest BCUT2D eigenvalue weighted by atomic mass is 10.2. The summed E-state index contributed by atoms with van der Waals surface area (Å²) in [5, 5.41) is 0. The molecular formula is C14H12Br2FNO. The second kappa shape index (κ2) is 6.50. The number of hydrogen-bond donors (Lipinski definition) is 1. The van der Waals surface area contributed by atoms with E-state index in [-0.39, 0.29) is 5.82 Å². The molecule has 0 heterocycles. The minimum Gasteiger partial charge on any atom is -0.488 e. The zero-order valence-corrected chi connectivity index (χ0v) is 13.2. The molecule has 2 N–H and O–H groups in total. The van der Waals surface area contributed by atoms with Crippen LogP contribution in [0.3, 0.4) is 0 Å². The highest BCUT2D eigenvalue weighted by Gasteiger charge is 2.07. The molecule has 0 aliphatic rings. The smallest absolute Gasteiger partial charge is 0.137 e. The van der Waals surface area contributed by atoms with Gasteiger partial charge in [-0.25, -0.2) is 4.39 Å². The molecule has 2 aromatic rings. The van der Waals surface area contributed by atoms with E-state index in [1.165, 1.54) is 6.07 Å². The van der Waals surface area contributed by atoms with Gasteiger partial charge in [0.15, 0.2) is 0 Å². The van der Waals surface area contributed by atoms with Gasteiger partial charge in [-0.3, -0.25) is 0 Å². The standard InChI is InChI=1S/C14H12Br2FNO/c15-11-6-9(7-18)4-5-13(11)19-8-10-2-1-3-12(17)14(10)16/h1-6H,7-8,18H2. The van der Waals surface area contributed by atoms with Gasteiger partial charge in [-0.05, 0) is 55.6 Å². The fourth-order valence-corrected chi connectivity index (χ4v) is 2.52. The van der Waals surface area contributed by atoms with Crippen molar-refractivity contribution in [1.29, 1.82) is 0 Å². The van der Waals surface area contributed by atoms with E-state index in [1.54, 1.807) is 6.07 Å². The number of hydrogen-bond acceptors (Lipinski definition) is 2. The molecule has 100 valence electrons. The highest BCUT2D eigenvalue weighted by molar-refractivity contribution is 9.10. The molecule has 0 aliphatic heterocycles. The Hall–Kier alpha value is -0.910. The largest absolute Gasteiger partial charge is 0.488 e. The van der Waals surface area contributed by atoms with Crippen LogP contribution in [0.4, 0.5) is 4.39 Å². The van der Waals surface area contributed by atoms with Gasteiger partial charge in [0.1, 0.15) is 18.2 Å². The third-order valence-corrected chi connectivity index (χ3v) is 4.15. The van der Waals surface area contributed by atoms with E-state index >= 15 is 0 Å². The minimum atomic E-state index is -0.293. The lowest BCUT2D eigenvalue weighted by molar-refractivity contribution is 0.302. The maximum atomic E-state index is 13.4. The zero-order valence-electron chi connectivity index (χ0n) is 10.00. The Morgan fingerprint density at radius 2 is 1.95 bits per heavy atom. The molecule has 19 heavy (non-hydrogen) atoms. The van der Waals surface area contributed by atoms with Crippen LogP contribution < -0.4 is 10.5 Å². The van der Waals surface area contributed by atoms with Gasteiger partial charge < -0.3 is 10.5 Å². The molecule has 0 aliphatic carbocycles.